The lowest BCUT2D eigenvalue weighted by atomic mass is 10.0. The van der Waals surface area contributed by atoms with Crippen molar-refractivity contribution in [3.63, 3.8) is 0 Å². The molecule has 1 aliphatic rings. The summed E-state index contributed by atoms with van der Waals surface area (Å²) in [6.07, 6.45) is 0.851. The van der Waals surface area contributed by atoms with Gasteiger partial charge in [-0.15, -0.1) is 11.3 Å². The Bertz CT molecular complexity index is 346. The molecule has 0 spiro atoms. The molecule has 3 nitrogen and oxygen atoms in total. The topological polar surface area (TPSA) is 41.5 Å². The van der Waals surface area contributed by atoms with Gasteiger partial charge in [-0.1, -0.05) is 11.6 Å². The number of aliphatic hydroxyl groups excluding tert-OH is 1. The van der Waals surface area contributed by atoms with E-state index in [1.165, 1.54) is 0 Å². The van der Waals surface area contributed by atoms with Crippen LogP contribution in [0.2, 0.25) is 4.34 Å². The molecule has 1 aliphatic heterocycles. The Morgan fingerprint density at radius 2 is 2.50 bits per heavy atom. The van der Waals surface area contributed by atoms with Crippen molar-refractivity contribution in [2.24, 2.45) is 0 Å². The highest BCUT2D eigenvalue weighted by molar-refractivity contribution is 9.10. The van der Waals surface area contributed by atoms with E-state index < -0.39 is 0 Å². The summed E-state index contributed by atoms with van der Waals surface area (Å²) in [5.41, 5.74) is -0.275. The third-order valence-corrected chi connectivity index (χ3v) is 5.21. The molecule has 90 valence electrons. The van der Waals surface area contributed by atoms with E-state index in [9.17, 15) is 5.11 Å². The van der Waals surface area contributed by atoms with E-state index in [2.05, 4.69) is 21.2 Å². The quantitative estimate of drug-likeness (QED) is 0.893. The molecule has 1 aromatic heterocycles. The molecule has 16 heavy (non-hydrogen) atoms. The van der Waals surface area contributed by atoms with Gasteiger partial charge in [0.05, 0.1) is 18.8 Å². The fourth-order valence-electron chi connectivity index (χ4n) is 1.68. The molecule has 6 heteroatoms. The molecule has 0 radical (unpaired) electrons. The summed E-state index contributed by atoms with van der Waals surface area (Å²) in [5.74, 6) is 0. The maximum atomic E-state index is 9.38. The van der Waals surface area contributed by atoms with Gasteiger partial charge in [0.25, 0.3) is 0 Å². The Labute approximate surface area is 112 Å². The van der Waals surface area contributed by atoms with Crippen LogP contribution < -0.4 is 5.32 Å². The van der Waals surface area contributed by atoms with E-state index >= 15 is 0 Å². The summed E-state index contributed by atoms with van der Waals surface area (Å²) in [7, 11) is 0. The molecule has 0 saturated carbocycles. The van der Waals surface area contributed by atoms with Crippen molar-refractivity contribution in [1.82, 2.24) is 5.32 Å². The minimum atomic E-state index is -0.275. The Kier molecular flexibility index (Phi) is 4.26. The molecule has 0 amide bonds. The predicted octanol–water partition coefficient (Wildman–Crippen LogP) is 2.41. The van der Waals surface area contributed by atoms with Gasteiger partial charge in [-0.05, 0) is 28.4 Å². The lowest BCUT2D eigenvalue weighted by molar-refractivity contribution is 0.120. The smallest absolute Gasteiger partial charge is 0.107 e. The summed E-state index contributed by atoms with van der Waals surface area (Å²) in [6.45, 7) is 2.10. The zero-order valence-electron chi connectivity index (χ0n) is 8.63. The van der Waals surface area contributed by atoms with Crippen LogP contribution in [0.1, 0.15) is 11.3 Å². The highest BCUT2D eigenvalue weighted by Gasteiger charge is 2.33. The van der Waals surface area contributed by atoms with E-state index in [1.54, 1.807) is 11.3 Å². The van der Waals surface area contributed by atoms with Gasteiger partial charge >= 0.3 is 0 Å². The van der Waals surface area contributed by atoms with Crippen molar-refractivity contribution in [3.05, 3.63) is 19.8 Å². The van der Waals surface area contributed by atoms with Gasteiger partial charge in [0.1, 0.15) is 4.34 Å². The standard InChI is InChI=1S/C10H13BrClNO2S/c11-8-3-7(16-9(8)12)4-13-10(5-14)1-2-15-6-10/h3,13-14H,1-2,4-6H2/t10-/m0/s1. The summed E-state index contributed by atoms with van der Waals surface area (Å²) >= 11 is 10.9. The number of ether oxygens (including phenoxy) is 1. The first-order valence-corrected chi connectivity index (χ1v) is 7.01. The molecule has 2 heterocycles. The molecular weight excluding hydrogens is 314 g/mol. The van der Waals surface area contributed by atoms with Crippen LogP contribution in [-0.4, -0.2) is 30.5 Å². The van der Waals surface area contributed by atoms with Crippen molar-refractivity contribution in [2.45, 2.75) is 18.5 Å². The lowest BCUT2D eigenvalue weighted by Crippen LogP contribution is -2.48. The van der Waals surface area contributed by atoms with Crippen LogP contribution >= 0.6 is 38.9 Å². The predicted molar refractivity (Wildman–Crippen MR) is 69.1 cm³/mol. The fourth-order valence-corrected chi connectivity index (χ4v) is 3.41. The van der Waals surface area contributed by atoms with E-state index in [-0.39, 0.29) is 12.1 Å². The van der Waals surface area contributed by atoms with Gasteiger partial charge < -0.3 is 15.2 Å². The minimum absolute atomic E-state index is 0.104. The molecule has 0 bridgehead atoms. The minimum Gasteiger partial charge on any atom is -0.394 e. The molecule has 0 aromatic carbocycles. The van der Waals surface area contributed by atoms with Crippen molar-refractivity contribution < 1.29 is 9.84 Å². The number of rotatable bonds is 4. The molecule has 2 N–H and O–H groups in total. The van der Waals surface area contributed by atoms with Crippen LogP contribution in [0, 0.1) is 0 Å². The number of hydrogen-bond acceptors (Lipinski definition) is 4. The van der Waals surface area contributed by atoms with Crippen molar-refractivity contribution >= 4 is 38.9 Å². The van der Waals surface area contributed by atoms with Crippen molar-refractivity contribution in [1.29, 1.82) is 0 Å². The number of nitrogens with one attached hydrogen (secondary N) is 1. The van der Waals surface area contributed by atoms with Crippen LogP contribution in [0.4, 0.5) is 0 Å². The van der Waals surface area contributed by atoms with Gasteiger partial charge in [0, 0.05) is 22.5 Å². The van der Waals surface area contributed by atoms with E-state index in [1.807, 2.05) is 6.07 Å². The van der Waals surface area contributed by atoms with Gasteiger partial charge in [-0.2, -0.15) is 0 Å². The molecule has 1 fully saturated rings. The average molecular weight is 327 g/mol. The normalized spacial score (nSPS) is 25.2. The largest absolute Gasteiger partial charge is 0.394 e. The fraction of sp³-hybridized carbons (Fsp3) is 0.600. The Hall–Kier alpha value is 0.350. The molecule has 1 aromatic rings. The van der Waals surface area contributed by atoms with E-state index in [4.69, 9.17) is 16.3 Å². The first-order chi connectivity index (χ1) is 7.65. The molecular formula is C10H13BrClNO2S. The van der Waals surface area contributed by atoms with Crippen molar-refractivity contribution in [2.75, 3.05) is 19.8 Å². The SMILES string of the molecule is OC[C@@]1(NCc2cc(Br)c(Cl)s2)CCOC1. The average Bonchev–Trinajstić information content (AvgIpc) is 2.85. The van der Waals surface area contributed by atoms with Crippen LogP contribution in [0.3, 0.4) is 0 Å². The third-order valence-electron chi connectivity index (χ3n) is 2.74. The Balaban J connectivity index is 1.95. The van der Waals surface area contributed by atoms with Crippen LogP contribution in [0.25, 0.3) is 0 Å². The first-order valence-electron chi connectivity index (χ1n) is 5.02. The zero-order chi connectivity index (χ0) is 11.6. The second-order valence-electron chi connectivity index (χ2n) is 3.93. The van der Waals surface area contributed by atoms with E-state index in [0.717, 1.165) is 20.1 Å². The number of thiophene rings is 1. The van der Waals surface area contributed by atoms with Gasteiger partial charge in [-0.25, -0.2) is 0 Å². The molecule has 1 saturated heterocycles. The summed E-state index contributed by atoms with van der Waals surface area (Å²) in [6, 6.07) is 2.00. The Morgan fingerprint density at radius 3 is 3.00 bits per heavy atom. The van der Waals surface area contributed by atoms with Crippen LogP contribution in [0.5, 0.6) is 0 Å². The van der Waals surface area contributed by atoms with E-state index in [0.29, 0.717) is 19.8 Å². The molecule has 2 rings (SSSR count). The molecule has 0 unspecified atom stereocenters. The van der Waals surface area contributed by atoms with Crippen LogP contribution in [0.15, 0.2) is 10.5 Å². The van der Waals surface area contributed by atoms with Gasteiger partial charge in [0.15, 0.2) is 0 Å². The second kappa shape index (κ2) is 5.33. The summed E-state index contributed by atoms with van der Waals surface area (Å²) in [4.78, 5) is 1.15. The number of aliphatic hydroxyl groups is 1. The monoisotopic (exact) mass is 325 g/mol. The van der Waals surface area contributed by atoms with Gasteiger partial charge in [0.2, 0.25) is 0 Å². The van der Waals surface area contributed by atoms with Crippen LogP contribution in [-0.2, 0) is 11.3 Å². The lowest BCUT2D eigenvalue weighted by Gasteiger charge is -2.25. The number of halogens is 2. The molecule has 0 aliphatic carbocycles. The Morgan fingerprint density at radius 1 is 1.69 bits per heavy atom. The molecule has 1 atom stereocenters. The zero-order valence-corrected chi connectivity index (χ0v) is 11.8. The third kappa shape index (κ3) is 2.78. The first kappa shape index (κ1) is 12.8. The maximum Gasteiger partial charge on any atom is 0.107 e. The second-order valence-corrected chi connectivity index (χ2v) is 6.52. The van der Waals surface area contributed by atoms with Crippen molar-refractivity contribution in [3.8, 4) is 0 Å². The highest BCUT2D eigenvalue weighted by atomic mass is 79.9. The number of hydrogen-bond donors (Lipinski definition) is 2. The summed E-state index contributed by atoms with van der Waals surface area (Å²) < 4.78 is 7.00. The van der Waals surface area contributed by atoms with Gasteiger partial charge in [-0.3, -0.25) is 0 Å². The highest BCUT2D eigenvalue weighted by Crippen LogP contribution is 2.32. The summed E-state index contributed by atoms with van der Waals surface area (Å²) in [5, 5.41) is 12.7. The maximum absolute atomic E-state index is 9.38.